The van der Waals surface area contributed by atoms with Gasteiger partial charge < -0.3 is 14.6 Å². The van der Waals surface area contributed by atoms with E-state index in [1.54, 1.807) is 0 Å². The van der Waals surface area contributed by atoms with Crippen molar-refractivity contribution in [2.45, 2.75) is 63.8 Å². The Labute approximate surface area is 160 Å². The van der Waals surface area contributed by atoms with Crippen molar-refractivity contribution in [3.05, 3.63) is 11.6 Å². The number of esters is 1. The number of nitrogens with zero attached hydrogens (tertiary/aromatic N) is 4. The molecular formula is C19H31N5O3. The van der Waals surface area contributed by atoms with Crippen molar-refractivity contribution in [3.63, 3.8) is 0 Å². The SMILES string of the molecule is COC(=O)CCCNC(=O)CN1CCCC(c2nnc3n2CCCCC3)C1. The van der Waals surface area contributed by atoms with Gasteiger partial charge in [-0.15, -0.1) is 10.2 Å². The van der Waals surface area contributed by atoms with E-state index in [1.807, 2.05) is 0 Å². The number of aryl methyl sites for hydroxylation is 1. The van der Waals surface area contributed by atoms with Crippen LogP contribution in [0, 0.1) is 0 Å². The molecule has 1 atom stereocenters. The van der Waals surface area contributed by atoms with Gasteiger partial charge in [0.1, 0.15) is 11.6 Å². The van der Waals surface area contributed by atoms with Crippen LogP contribution in [-0.2, 0) is 27.3 Å². The highest BCUT2D eigenvalue weighted by molar-refractivity contribution is 5.78. The Morgan fingerprint density at radius 1 is 1.19 bits per heavy atom. The number of methoxy groups -OCH3 is 1. The largest absolute Gasteiger partial charge is 0.469 e. The molecule has 1 N–H and O–H groups in total. The molecule has 2 aliphatic rings. The lowest BCUT2D eigenvalue weighted by atomic mass is 9.97. The summed E-state index contributed by atoms with van der Waals surface area (Å²) in [5.41, 5.74) is 0. The lowest BCUT2D eigenvalue weighted by molar-refractivity contribution is -0.140. The Morgan fingerprint density at radius 3 is 2.93 bits per heavy atom. The van der Waals surface area contributed by atoms with Crippen molar-refractivity contribution >= 4 is 11.9 Å². The Balaban J connectivity index is 1.47. The van der Waals surface area contributed by atoms with Crippen molar-refractivity contribution in [1.82, 2.24) is 25.0 Å². The Bertz CT molecular complexity index is 645. The van der Waals surface area contributed by atoms with Crippen LogP contribution in [0.3, 0.4) is 0 Å². The van der Waals surface area contributed by atoms with Crippen LogP contribution >= 0.6 is 0 Å². The monoisotopic (exact) mass is 377 g/mol. The summed E-state index contributed by atoms with van der Waals surface area (Å²) in [6, 6.07) is 0. The molecule has 2 aliphatic heterocycles. The topological polar surface area (TPSA) is 89.3 Å². The van der Waals surface area contributed by atoms with Gasteiger partial charge in [0.15, 0.2) is 0 Å². The zero-order chi connectivity index (χ0) is 19.1. The average Bonchev–Trinajstić information content (AvgIpc) is 2.93. The molecule has 0 radical (unpaired) electrons. The van der Waals surface area contributed by atoms with E-state index in [4.69, 9.17) is 0 Å². The van der Waals surface area contributed by atoms with Crippen molar-refractivity contribution < 1.29 is 14.3 Å². The number of nitrogens with one attached hydrogen (secondary N) is 1. The first-order valence-electron chi connectivity index (χ1n) is 10.1. The van der Waals surface area contributed by atoms with Crippen LogP contribution in [0.5, 0.6) is 0 Å². The number of carbonyl (C=O) groups excluding carboxylic acids is 2. The molecule has 3 rings (SSSR count). The van der Waals surface area contributed by atoms with E-state index in [0.717, 1.165) is 50.5 Å². The van der Waals surface area contributed by atoms with Crippen LogP contribution in [0.25, 0.3) is 0 Å². The molecule has 1 aromatic rings. The van der Waals surface area contributed by atoms with E-state index >= 15 is 0 Å². The van der Waals surface area contributed by atoms with E-state index < -0.39 is 0 Å². The molecule has 1 unspecified atom stereocenters. The van der Waals surface area contributed by atoms with Crippen molar-refractivity contribution in [1.29, 1.82) is 0 Å². The summed E-state index contributed by atoms with van der Waals surface area (Å²) in [6.07, 6.45) is 7.80. The maximum Gasteiger partial charge on any atom is 0.305 e. The van der Waals surface area contributed by atoms with E-state index in [-0.39, 0.29) is 11.9 Å². The second-order valence-corrected chi connectivity index (χ2v) is 7.54. The van der Waals surface area contributed by atoms with E-state index in [2.05, 4.69) is 29.7 Å². The van der Waals surface area contributed by atoms with Crippen LogP contribution in [0.1, 0.15) is 62.5 Å². The Hall–Kier alpha value is -1.96. The summed E-state index contributed by atoms with van der Waals surface area (Å²) >= 11 is 0. The predicted molar refractivity (Wildman–Crippen MR) is 100 cm³/mol. The summed E-state index contributed by atoms with van der Waals surface area (Å²) in [4.78, 5) is 25.5. The van der Waals surface area contributed by atoms with Crippen LogP contribution in [0.4, 0.5) is 0 Å². The first kappa shape index (κ1) is 19.8. The fraction of sp³-hybridized carbons (Fsp3) is 0.789. The van der Waals surface area contributed by atoms with Gasteiger partial charge in [0.05, 0.1) is 13.7 Å². The molecule has 0 aliphatic carbocycles. The smallest absolute Gasteiger partial charge is 0.305 e. The second kappa shape index (κ2) is 9.82. The molecule has 0 spiro atoms. The number of aromatic nitrogens is 3. The molecule has 1 fully saturated rings. The summed E-state index contributed by atoms with van der Waals surface area (Å²) in [6.45, 7) is 3.72. The minimum Gasteiger partial charge on any atom is -0.469 e. The highest BCUT2D eigenvalue weighted by atomic mass is 16.5. The average molecular weight is 377 g/mol. The van der Waals surface area contributed by atoms with Crippen LogP contribution < -0.4 is 5.32 Å². The fourth-order valence-electron chi connectivity index (χ4n) is 4.04. The fourth-order valence-corrected chi connectivity index (χ4v) is 4.04. The third-order valence-corrected chi connectivity index (χ3v) is 5.48. The molecule has 3 heterocycles. The van der Waals surface area contributed by atoms with Crippen LogP contribution in [-0.4, -0.2) is 64.8 Å². The maximum atomic E-state index is 12.2. The number of hydrogen-bond donors (Lipinski definition) is 1. The molecule has 1 amide bonds. The first-order valence-corrected chi connectivity index (χ1v) is 10.1. The summed E-state index contributed by atoms with van der Waals surface area (Å²) in [5.74, 6) is 2.36. The number of rotatable bonds is 7. The molecule has 0 aromatic carbocycles. The van der Waals surface area contributed by atoms with Crippen LogP contribution in [0.15, 0.2) is 0 Å². The number of fused-ring (bicyclic) bond motifs is 1. The zero-order valence-corrected chi connectivity index (χ0v) is 16.3. The quantitative estimate of drug-likeness (QED) is 0.568. The van der Waals surface area contributed by atoms with Gasteiger partial charge in [-0.25, -0.2) is 0 Å². The predicted octanol–water partition coefficient (Wildman–Crippen LogP) is 1.25. The number of piperidine rings is 1. The Morgan fingerprint density at radius 2 is 2.07 bits per heavy atom. The van der Waals surface area contributed by atoms with Gasteiger partial charge in [-0.2, -0.15) is 0 Å². The number of carbonyl (C=O) groups is 2. The molecule has 1 aromatic heterocycles. The second-order valence-electron chi connectivity index (χ2n) is 7.54. The van der Waals surface area contributed by atoms with Crippen molar-refractivity contribution in [3.8, 4) is 0 Å². The zero-order valence-electron chi connectivity index (χ0n) is 16.3. The standard InChI is InChI=1S/C19H31N5O3/c1-27-18(26)9-5-10-20-17(25)14-23-11-6-7-15(13-23)19-22-21-16-8-3-2-4-12-24(16)19/h15H,2-14H2,1H3,(H,20,25). The lowest BCUT2D eigenvalue weighted by Gasteiger charge is -2.31. The summed E-state index contributed by atoms with van der Waals surface area (Å²) in [5, 5.41) is 11.8. The van der Waals surface area contributed by atoms with Crippen LogP contribution in [0.2, 0.25) is 0 Å². The minimum atomic E-state index is -0.240. The molecule has 0 saturated carbocycles. The number of hydrogen-bond acceptors (Lipinski definition) is 6. The molecule has 150 valence electrons. The third-order valence-electron chi connectivity index (χ3n) is 5.48. The highest BCUT2D eigenvalue weighted by Gasteiger charge is 2.28. The molecule has 8 heteroatoms. The van der Waals surface area contributed by atoms with Gasteiger partial charge in [-0.05, 0) is 38.6 Å². The van der Waals surface area contributed by atoms with Gasteiger partial charge in [0.25, 0.3) is 0 Å². The van der Waals surface area contributed by atoms with Crippen molar-refractivity contribution in [2.24, 2.45) is 0 Å². The van der Waals surface area contributed by atoms with Gasteiger partial charge in [-0.1, -0.05) is 6.42 Å². The molecular weight excluding hydrogens is 346 g/mol. The van der Waals surface area contributed by atoms with Crippen molar-refractivity contribution in [2.75, 3.05) is 33.3 Å². The molecule has 8 nitrogen and oxygen atoms in total. The molecule has 0 bridgehead atoms. The lowest BCUT2D eigenvalue weighted by Crippen LogP contribution is -2.42. The van der Waals surface area contributed by atoms with Gasteiger partial charge in [0, 0.05) is 38.4 Å². The Kier molecular flexibility index (Phi) is 7.20. The highest BCUT2D eigenvalue weighted by Crippen LogP contribution is 2.27. The van der Waals surface area contributed by atoms with E-state index in [9.17, 15) is 9.59 Å². The minimum absolute atomic E-state index is 0.0144. The maximum absolute atomic E-state index is 12.2. The number of likely N-dealkylation sites (tertiary alicyclic amines) is 1. The molecule has 27 heavy (non-hydrogen) atoms. The van der Waals surface area contributed by atoms with Gasteiger partial charge in [0.2, 0.25) is 5.91 Å². The normalized spacial score (nSPS) is 20.6. The first-order chi connectivity index (χ1) is 13.2. The summed E-state index contributed by atoms with van der Waals surface area (Å²) in [7, 11) is 1.38. The third kappa shape index (κ3) is 5.51. The van der Waals surface area contributed by atoms with Gasteiger partial charge in [-0.3, -0.25) is 14.5 Å². The number of amides is 1. The number of ether oxygens (including phenoxy) is 1. The van der Waals surface area contributed by atoms with Gasteiger partial charge >= 0.3 is 5.97 Å². The van der Waals surface area contributed by atoms with E-state index in [0.29, 0.717) is 31.8 Å². The van der Waals surface area contributed by atoms with E-state index in [1.165, 1.54) is 26.4 Å². The summed E-state index contributed by atoms with van der Waals surface area (Å²) < 4.78 is 6.93. The molecule has 1 saturated heterocycles.